The second-order valence-electron chi connectivity index (χ2n) is 6.61. The Morgan fingerprint density at radius 2 is 2.03 bits per heavy atom. The first-order chi connectivity index (χ1) is 14.0. The highest BCUT2D eigenvalue weighted by molar-refractivity contribution is 7.89. The fourth-order valence-corrected chi connectivity index (χ4v) is 5.84. The van der Waals surface area contributed by atoms with Crippen LogP contribution in [-0.4, -0.2) is 46.6 Å². The van der Waals surface area contributed by atoms with Crippen LogP contribution in [0.3, 0.4) is 0 Å². The smallest absolute Gasteiger partial charge is 0.246 e. The van der Waals surface area contributed by atoms with Crippen molar-refractivity contribution in [2.24, 2.45) is 0 Å². The molecule has 8 nitrogen and oxygen atoms in total. The number of amides is 1. The van der Waals surface area contributed by atoms with E-state index in [1.807, 2.05) is 6.92 Å². The fourth-order valence-electron chi connectivity index (χ4n) is 3.43. The summed E-state index contributed by atoms with van der Waals surface area (Å²) >= 11 is 0.967. The van der Waals surface area contributed by atoms with Gasteiger partial charge in [-0.2, -0.15) is 13.1 Å². The van der Waals surface area contributed by atoms with Gasteiger partial charge in [0.15, 0.2) is 0 Å². The molecule has 1 atom stereocenters. The SMILES string of the molecule is CCOc1ccc(NC(=O)[C@@H]2CCCN2S(=O)(=O)c2cccc3nsnc23)cc1. The predicted octanol–water partition coefficient (Wildman–Crippen LogP) is 2.88. The van der Waals surface area contributed by atoms with Gasteiger partial charge in [-0.1, -0.05) is 6.07 Å². The third-order valence-electron chi connectivity index (χ3n) is 4.77. The number of hydrogen-bond donors (Lipinski definition) is 1. The van der Waals surface area contributed by atoms with E-state index in [9.17, 15) is 13.2 Å². The van der Waals surface area contributed by atoms with E-state index in [1.54, 1.807) is 36.4 Å². The van der Waals surface area contributed by atoms with Crippen molar-refractivity contribution in [2.45, 2.75) is 30.7 Å². The third kappa shape index (κ3) is 3.83. The molecule has 1 aliphatic heterocycles. The van der Waals surface area contributed by atoms with E-state index in [0.717, 1.165) is 11.7 Å². The van der Waals surface area contributed by atoms with Crippen LogP contribution in [0, 0.1) is 0 Å². The first-order valence-corrected chi connectivity index (χ1v) is 11.4. The van der Waals surface area contributed by atoms with Crippen molar-refractivity contribution in [3.63, 3.8) is 0 Å². The first kappa shape index (κ1) is 19.7. The second-order valence-corrected chi connectivity index (χ2v) is 9.00. The van der Waals surface area contributed by atoms with Gasteiger partial charge in [0.05, 0.1) is 18.3 Å². The van der Waals surface area contributed by atoms with Crippen molar-refractivity contribution in [3.8, 4) is 5.75 Å². The Kier molecular flexibility index (Phi) is 5.48. The molecule has 0 unspecified atom stereocenters. The number of carbonyl (C=O) groups is 1. The molecule has 1 N–H and O–H groups in total. The summed E-state index contributed by atoms with van der Waals surface area (Å²) < 4.78 is 41.5. The quantitative estimate of drug-likeness (QED) is 0.643. The summed E-state index contributed by atoms with van der Waals surface area (Å²) in [5.41, 5.74) is 1.47. The molecule has 10 heteroatoms. The van der Waals surface area contributed by atoms with Crippen molar-refractivity contribution >= 4 is 44.4 Å². The van der Waals surface area contributed by atoms with E-state index in [1.165, 1.54) is 10.4 Å². The lowest BCUT2D eigenvalue weighted by Gasteiger charge is -2.23. The van der Waals surface area contributed by atoms with E-state index in [2.05, 4.69) is 14.1 Å². The number of sulfonamides is 1. The van der Waals surface area contributed by atoms with Gasteiger partial charge in [-0.15, -0.1) is 0 Å². The predicted molar refractivity (Wildman–Crippen MR) is 111 cm³/mol. The molecule has 152 valence electrons. The lowest BCUT2D eigenvalue weighted by molar-refractivity contribution is -0.119. The van der Waals surface area contributed by atoms with Crippen LogP contribution in [0.2, 0.25) is 0 Å². The molecule has 1 amide bonds. The van der Waals surface area contributed by atoms with Gasteiger partial charge in [0.2, 0.25) is 15.9 Å². The number of nitrogens with one attached hydrogen (secondary N) is 1. The topological polar surface area (TPSA) is 101 Å². The molecule has 3 aromatic rings. The van der Waals surface area contributed by atoms with Crippen molar-refractivity contribution in [1.29, 1.82) is 0 Å². The Hall–Kier alpha value is -2.56. The molecule has 1 aromatic heterocycles. The monoisotopic (exact) mass is 432 g/mol. The van der Waals surface area contributed by atoms with Crippen LogP contribution in [0.5, 0.6) is 5.75 Å². The van der Waals surface area contributed by atoms with Gasteiger partial charge in [0.1, 0.15) is 27.7 Å². The number of anilines is 1. The number of fused-ring (bicyclic) bond motifs is 1. The van der Waals surface area contributed by atoms with Gasteiger partial charge < -0.3 is 10.1 Å². The highest BCUT2D eigenvalue weighted by Crippen LogP contribution is 2.30. The summed E-state index contributed by atoms with van der Waals surface area (Å²) in [4.78, 5) is 12.9. The van der Waals surface area contributed by atoms with E-state index in [0.29, 0.717) is 41.9 Å². The number of carbonyl (C=O) groups excluding carboxylic acids is 1. The van der Waals surface area contributed by atoms with Crippen LogP contribution >= 0.6 is 11.7 Å². The number of ether oxygens (including phenoxy) is 1. The van der Waals surface area contributed by atoms with E-state index in [-0.39, 0.29) is 17.3 Å². The molecule has 4 rings (SSSR count). The maximum Gasteiger partial charge on any atom is 0.246 e. The van der Waals surface area contributed by atoms with E-state index < -0.39 is 16.1 Å². The molecule has 1 fully saturated rings. The van der Waals surface area contributed by atoms with E-state index in [4.69, 9.17) is 4.74 Å². The minimum atomic E-state index is -3.88. The number of nitrogens with zero attached hydrogens (tertiary/aromatic N) is 3. The zero-order valence-electron chi connectivity index (χ0n) is 15.7. The minimum Gasteiger partial charge on any atom is -0.494 e. The molecule has 0 spiro atoms. The molecule has 2 heterocycles. The lowest BCUT2D eigenvalue weighted by Crippen LogP contribution is -2.43. The number of aromatic nitrogens is 2. The molecule has 1 saturated heterocycles. The zero-order valence-corrected chi connectivity index (χ0v) is 17.4. The standard InChI is InChI=1S/C19H20N4O4S2/c1-2-27-14-10-8-13(9-11-14)20-19(24)16-6-4-12-23(16)29(25,26)17-7-3-5-15-18(17)22-28-21-15/h3,5,7-11,16H,2,4,6,12H2,1H3,(H,20,24)/t16-/m0/s1. The minimum absolute atomic E-state index is 0.0875. The fraction of sp³-hybridized carbons (Fsp3) is 0.316. The van der Waals surface area contributed by atoms with Crippen LogP contribution in [0.4, 0.5) is 5.69 Å². The maximum atomic E-state index is 13.3. The molecular weight excluding hydrogens is 412 g/mol. The Morgan fingerprint density at radius 1 is 1.24 bits per heavy atom. The van der Waals surface area contributed by atoms with E-state index >= 15 is 0 Å². The van der Waals surface area contributed by atoms with Crippen molar-refractivity contribution in [3.05, 3.63) is 42.5 Å². The lowest BCUT2D eigenvalue weighted by atomic mass is 10.2. The second kappa shape index (κ2) is 8.05. The molecule has 0 radical (unpaired) electrons. The van der Waals surface area contributed by atoms with Crippen molar-refractivity contribution in [1.82, 2.24) is 13.1 Å². The highest BCUT2D eigenvalue weighted by Gasteiger charge is 2.40. The average molecular weight is 433 g/mol. The summed E-state index contributed by atoms with van der Waals surface area (Å²) in [7, 11) is -3.88. The summed E-state index contributed by atoms with van der Waals surface area (Å²) in [6, 6.07) is 11.1. The molecular formula is C19H20N4O4S2. The zero-order chi connectivity index (χ0) is 20.4. The van der Waals surface area contributed by atoms with Crippen LogP contribution < -0.4 is 10.1 Å². The Labute approximate surface area is 172 Å². The average Bonchev–Trinajstić information content (AvgIpc) is 3.39. The Balaban J connectivity index is 1.56. The van der Waals surface area contributed by atoms with Crippen LogP contribution in [0.1, 0.15) is 19.8 Å². The molecule has 0 bridgehead atoms. The van der Waals surface area contributed by atoms with Gasteiger partial charge in [-0.25, -0.2) is 8.42 Å². The summed E-state index contributed by atoms with van der Waals surface area (Å²) in [5.74, 6) is 0.361. The third-order valence-corrected chi connectivity index (χ3v) is 7.26. The molecule has 2 aromatic carbocycles. The number of benzene rings is 2. The maximum absolute atomic E-state index is 13.3. The normalized spacial score (nSPS) is 17.5. The molecule has 0 aliphatic carbocycles. The summed E-state index contributed by atoms with van der Waals surface area (Å²) in [6.07, 6.45) is 1.08. The van der Waals surface area contributed by atoms with Gasteiger partial charge in [0, 0.05) is 12.2 Å². The Morgan fingerprint density at radius 3 is 2.79 bits per heavy atom. The van der Waals surface area contributed by atoms with Gasteiger partial charge in [-0.3, -0.25) is 4.79 Å². The van der Waals surface area contributed by atoms with Crippen LogP contribution in [0.25, 0.3) is 11.0 Å². The first-order valence-electron chi connectivity index (χ1n) is 9.27. The highest BCUT2D eigenvalue weighted by atomic mass is 32.2. The molecule has 0 saturated carbocycles. The van der Waals surface area contributed by atoms with Crippen molar-refractivity contribution < 1.29 is 17.9 Å². The Bertz CT molecular complexity index is 1130. The largest absolute Gasteiger partial charge is 0.494 e. The van der Waals surface area contributed by atoms with Crippen LogP contribution in [-0.2, 0) is 14.8 Å². The van der Waals surface area contributed by atoms with Gasteiger partial charge in [0.25, 0.3) is 0 Å². The van der Waals surface area contributed by atoms with Crippen LogP contribution in [0.15, 0.2) is 47.4 Å². The van der Waals surface area contributed by atoms with Gasteiger partial charge in [-0.05, 0) is 56.2 Å². The van der Waals surface area contributed by atoms with Crippen molar-refractivity contribution in [2.75, 3.05) is 18.5 Å². The molecule has 29 heavy (non-hydrogen) atoms. The number of rotatable bonds is 6. The summed E-state index contributed by atoms with van der Waals surface area (Å²) in [6.45, 7) is 2.74. The van der Waals surface area contributed by atoms with Gasteiger partial charge >= 0.3 is 0 Å². The molecule has 1 aliphatic rings. The summed E-state index contributed by atoms with van der Waals surface area (Å²) in [5, 5.41) is 2.81. The number of hydrogen-bond acceptors (Lipinski definition) is 7.